The predicted octanol–water partition coefficient (Wildman–Crippen LogP) is 5.72. The summed E-state index contributed by atoms with van der Waals surface area (Å²) in [6, 6.07) is 13.0. The van der Waals surface area contributed by atoms with E-state index in [1.807, 2.05) is 24.3 Å². The van der Waals surface area contributed by atoms with Crippen LogP contribution in [0.3, 0.4) is 0 Å². The quantitative estimate of drug-likeness (QED) is 0.487. The Hall–Kier alpha value is -2.75. The van der Waals surface area contributed by atoms with Crippen LogP contribution in [0.5, 0.6) is 17.2 Å². The summed E-state index contributed by atoms with van der Waals surface area (Å²) >= 11 is 0. The van der Waals surface area contributed by atoms with Crippen molar-refractivity contribution in [3.63, 3.8) is 0 Å². The molecule has 2 aromatic carbocycles. The number of benzene rings is 2. The molecule has 4 nitrogen and oxygen atoms in total. The molecular weight excluding hydrogens is 328 g/mol. The molecule has 0 saturated heterocycles. The molecule has 0 aliphatic rings. The molecular formula is C22H24O4. The molecule has 1 heterocycles. The van der Waals surface area contributed by atoms with Crippen molar-refractivity contribution in [3.05, 3.63) is 64.5 Å². The molecule has 26 heavy (non-hydrogen) atoms. The van der Waals surface area contributed by atoms with E-state index < -0.39 is 0 Å². The Morgan fingerprint density at radius 2 is 1.73 bits per heavy atom. The number of hydrogen-bond acceptors (Lipinski definition) is 4. The zero-order valence-corrected chi connectivity index (χ0v) is 15.3. The molecule has 0 aliphatic carbocycles. The maximum atomic E-state index is 12.6. The summed E-state index contributed by atoms with van der Waals surface area (Å²) in [5.41, 5.74) is 1.52. The normalized spacial score (nSPS) is 10.8. The Kier molecular flexibility index (Phi) is 5.95. The molecule has 0 spiro atoms. The van der Waals surface area contributed by atoms with Gasteiger partial charge < -0.3 is 13.9 Å². The zero-order valence-electron chi connectivity index (χ0n) is 15.3. The lowest BCUT2D eigenvalue weighted by Crippen LogP contribution is -2.05. The molecule has 3 aromatic rings. The SMILES string of the molecule is CCCCCOc1ccc2c(=O)c(Oc3ccc(CC)cc3)coc2c1. The van der Waals surface area contributed by atoms with Crippen LogP contribution in [-0.2, 0) is 6.42 Å². The molecule has 0 atom stereocenters. The van der Waals surface area contributed by atoms with Crippen molar-refractivity contribution in [1.29, 1.82) is 0 Å². The minimum atomic E-state index is -0.191. The van der Waals surface area contributed by atoms with Gasteiger partial charge in [-0.15, -0.1) is 0 Å². The Morgan fingerprint density at radius 3 is 2.46 bits per heavy atom. The first-order valence-electron chi connectivity index (χ1n) is 9.16. The molecule has 0 N–H and O–H groups in total. The lowest BCUT2D eigenvalue weighted by atomic mass is 10.2. The molecule has 3 rings (SSSR count). The van der Waals surface area contributed by atoms with Gasteiger partial charge in [0.15, 0.2) is 0 Å². The van der Waals surface area contributed by atoms with Crippen molar-refractivity contribution in [2.45, 2.75) is 39.5 Å². The van der Waals surface area contributed by atoms with Crippen LogP contribution in [-0.4, -0.2) is 6.61 Å². The summed E-state index contributed by atoms with van der Waals surface area (Å²) in [5, 5.41) is 0.480. The molecule has 0 radical (unpaired) electrons. The van der Waals surface area contributed by atoms with Crippen LogP contribution in [0, 0.1) is 0 Å². The monoisotopic (exact) mass is 352 g/mol. The van der Waals surface area contributed by atoms with Crippen molar-refractivity contribution in [1.82, 2.24) is 0 Å². The fraction of sp³-hybridized carbons (Fsp3) is 0.318. The Bertz CT molecular complexity index is 910. The third-order valence-corrected chi connectivity index (χ3v) is 4.29. The van der Waals surface area contributed by atoms with E-state index in [1.165, 1.54) is 11.8 Å². The van der Waals surface area contributed by atoms with Crippen LogP contribution in [0.2, 0.25) is 0 Å². The van der Waals surface area contributed by atoms with Gasteiger partial charge in [-0.2, -0.15) is 0 Å². The first-order chi connectivity index (χ1) is 12.7. The Morgan fingerprint density at radius 1 is 0.962 bits per heavy atom. The van der Waals surface area contributed by atoms with Crippen LogP contribution in [0.1, 0.15) is 38.7 Å². The molecule has 0 bridgehead atoms. The lowest BCUT2D eigenvalue weighted by molar-refractivity contribution is 0.306. The van der Waals surface area contributed by atoms with Crippen LogP contribution >= 0.6 is 0 Å². The van der Waals surface area contributed by atoms with E-state index in [0.717, 1.165) is 25.7 Å². The lowest BCUT2D eigenvalue weighted by Gasteiger charge is -2.08. The molecule has 136 valence electrons. The summed E-state index contributed by atoms with van der Waals surface area (Å²) < 4.78 is 17.0. The summed E-state index contributed by atoms with van der Waals surface area (Å²) in [5.74, 6) is 1.50. The molecule has 1 aromatic heterocycles. The summed E-state index contributed by atoms with van der Waals surface area (Å²) in [7, 11) is 0. The maximum absolute atomic E-state index is 12.6. The zero-order chi connectivity index (χ0) is 18.4. The van der Waals surface area contributed by atoms with Gasteiger partial charge in [0.2, 0.25) is 11.2 Å². The van der Waals surface area contributed by atoms with Crippen molar-refractivity contribution in [2.24, 2.45) is 0 Å². The Balaban J connectivity index is 1.78. The van der Waals surface area contributed by atoms with Crippen molar-refractivity contribution < 1.29 is 13.9 Å². The molecule has 0 fully saturated rings. The highest BCUT2D eigenvalue weighted by molar-refractivity contribution is 5.79. The largest absolute Gasteiger partial charge is 0.493 e. The third-order valence-electron chi connectivity index (χ3n) is 4.29. The summed E-state index contributed by atoms with van der Waals surface area (Å²) in [6.45, 7) is 4.91. The van der Waals surface area contributed by atoms with Crippen LogP contribution in [0.25, 0.3) is 11.0 Å². The number of hydrogen-bond donors (Lipinski definition) is 0. The van der Waals surface area contributed by atoms with E-state index in [9.17, 15) is 4.79 Å². The van der Waals surface area contributed by atoms with Gasteiger partial charge in [-0.1, -0.05) is 38.8 Å². The average Bonchev–Trinajstić information content (AvgIpc) is 2.68. The topological polar surface area (TPSA) is 48.7 Å². The van der Waals surface area contributed by atoms with E-state index in [2.05, 4.69) is 13.8 Å². The van der Waals surface area contributed by atoms with Gasteiger partial charge >= 0.3 is 0 Å². The number of ether oxygens (including phenoxy) is 2. The van der Waals surface area contributed by atoms with E-state index in [4.69, 9.17) is 13.9 Å². The van der Waals surface area contributed by atoms with E-state index in [0.29, 0.717) is 29.1 Å². The van der Waals surface area contributed by atoms with Gasteiger partial charge in [-0.3, -0.25) is 4.79 Å². The summed E-state index contributed by atoms with van der Waals surface area (Å²) in [6.07, 6.45) is 5.63. The van der Waals surface area contributed by atoms with E-state index in [-0.39, 0.29) is 11.2 Å². The first-order valence-corrected chi connectivity index (χ1v) is 9.16. The van der Waals surface area contributed by atoms with Gasteiger partial charge in [0.25, 0.3) is 0 Å². The van der Waals surface area contributed by atoms with Gasteiger partial charge in [-0.25, -0.2) is 0 Å². The third kappa shape index (κ3) is 4.26. The maximum Gasteiger partial charge on any atom is 0.235 e. The number of unbranched alkanes of at least 4 members (excludes halogenated alkanes) is 2. The van der Waals surface area contributed by atoms with Crippen LogP contribution < -0.4 is 14.9 Å². The number of fused-ring (bicyclic) bond motifs is 1. The number of aryl methyl sites for hydroxylation is 1. The second-order valence-electron chi connectivity index (χ2n) is 6.24. The smallest absolute Gasteiger partial charge is 0.235 e. The van der Waals surface area contributed by atoms with Crippen LogP contribution in [0.4, 0.5) is 0 Å². The Labute approximate surface area is 153 Å². The van der Waals surface area contributed by atoms with E-state index >= 15 is 0 Å². The average molecular weight is 352 g/mol. The predicted molar refractivity (Wildman–Crippen MR) is 103 cm³/mol. The molecule has 0 aliphatic heterocycles. The van der Waals surface area contributed by atoms with Crippen molar-refractivity contribution >= 4 is 11.0 Å². The highest BCUT2D eigenvalue weighted by Crippen LogP contribution is 2.24. The molecule has 4 heteroatoms. The number of rotatable bonds is 8. The molecule has 0 unspecified atom stereocenters. The van der Waals surface area contributed by atoms with Gasteiger partial charge in [0.1, 0.15) is 23.3 Å². The highest BCUT2D eigenvalue weighted by atomic mass is 16.5. The standard InChI is InChI=1S/C22H24O4/c1-3-5-6-13-24-18-11-12-19-20(14-18)25-15-21(22(19)23)26-17-9-7-16(4-2)8-10-17/h7-12,14-15H,3-6,13H2,1-2H3. The minimum absolute atomic E-state index is 0.179. The molecule has 0 saturated carbocycles. The second-order valence-corrected chi connectivity index (χ2v) is 6.24. The molecule has 0 amide bonds. The van der Waals surface area contributed by atoms with Gasteiger partial charge in [-0.05, 0) is 42.7 Å². The fourth-order valence-electron chi connectivity index (χ4n) is 2.71. The van der Waals surface area contributed by atoms with Crippen molar-refractivity contribution in [3.8, 4) is 17.2 Å². The first kappa shape index (κ1) is 18.1. The van der Waals surface area contributed by atoms with Gasteiger partial charge in [0.05, 0.1) is 12.0 Å². The second kappa shape index (κ2) is 8.56. The van der Waals surface area contributed by atoms with Crippen LogP contribution in [0.15, 0.2) is 57.9 Å². The van der Waals surface area contributed by atoms with E-state index in [1.54, 1.807) is 18.2 Å². The van der Waals surface area contributed by atoms with Crippen molar-refractivity contribution in [2.75, 3.05) is 6.61 Å². The highest BCUT2D eigenvalue weighted by Gasteiger charge is 2.10. The minimum Gasteiger partial charge on any atom is -0.493 e. The van der Waals surface area contributed by atoms with Gasteiger partial charge in [0, 0.05) is 6.07 Å². The summed E-state index contributed by atoms with van der Waals surface area (Å²) in [4.78, 5) is 12.6. The fourth-order valence-corrected chi connectivity index (χ4v) is 2.71.